The van der Waals surface area contributed by atoms with Gasteiger partial charge in [-0.3, -0.25) is 0 Å². The predicted molar refractivity (Wildman–Crippen MR) is 120 cm³/mol. The van der Waals surface area contributed by atoms with Gasteiger partial charge in [-0.2, -0.15) is 0 Å². The Morgan fingerprint density at radius 3 is 1.15 bits per heavy atom. The van der Waals surface area contributed by atoms with Crippen LogP contribution in [0.3, 0.4) is 0 Å². The van der Waals surface area contributed by atoms with E-state index in [-0.39, 0.29) is 24.0 Å². The molecule has 0 spiro atoms. The quantitative estimate of drug-likeness (QED) is 0.0862. The van der Waals surface area contributed by atoms with Gasteiger partial charge < -0.3 is 28.5 Å². The third kappa shape index (κ3) is 19.9. The smallest absolute Gasteiger partial charge is 0.0784 e. The molecule has 0 aliphatic heterocycles. The molecule has 0 atom stereocenters. The predicted octanol–water partition coefficient (Wildman–Crippen LogP) is 5.11. The number of nitrogens with zero attached hydrogens (tertiary/aromatic N) is 1. The van der Waals surface area contributed by atoms with E-state index in [1.165, 1.54) is 132 Å². The second kappa shape index (κ2) is 22.5. The molecule has 0 saturated carbocycles. The minimum atomic E-state index is 0. The van der Waals surface area contributed by atoms with Crippen molar-refractivity contribution in [1.29, 1.82) is 0 Å². The zero-order valence-corrected chi connectivity index (χ0v) is 22.1. The van der Waals surface area contributed by atoms with Gasteiger partial charge in [-0.1, -0.05) is 94.0 Å². The first-order valence-electron chi connectivity index (χ1n) is 11.6. The van der Waals surface area contributed by atoms with Crippen LogP contribution in [0.15, 0.2) is 0 Å². The van der Waals surface area contributed by atoms with Crippen LogP contribution in [0.1, 0.15) is 117 Å². The van der Waals surface area contributed by atoms with Gasteiger partial charge in [0.25, 0.3) is 0 Å². The van der Waals surface area contributed by atoms with E-state index in [9.17, 15) is 0 Å². The lowest BCUT2D eigenvalue weighted by Crippen LogP contribution is -3.00. The van der Waals surface area contributed by atoms with Gasteiger partial charge in [-0.15, -0.1) is 0 Å². The van der Waals surface area contributed by atoms with Crippen molar-refractivity contribution >= 4 is 15.9 Å². The summed E-state index contributed by atoms with van der Waals surface area (Å²) in [7, 11) is 2.53. The number of alkyl halides is 1. The molecule has 0 aromatic carbocycles. The fraction of sp³-hybridized carbons (Fsp3) is 1.00. The van der Waals surface area contributed by atoms with Crippen molar-refractivity contribution in [2.75, 3.05) is 32.0 Å². The molecule has 160 valence electrons. The summed E-state index contributed by atoms with van der Waals surface area (Å²) in [6.07, 6.45) is 22.8. The molecule has 0 heterocycles. The molecule has 3 heteroatoms. The van der Waals surface area contributed by atoms with E-state index in [0.717, 1.165) is 0 Å². The first-order valence-corrected chi connectivity index (χ1v) is 12.7. The molecule has 1 nitrogen and oxygen atoms in total. The summed E-state index contributed by atoms with van der Waals surface area (Å²) in [5.74, 6) is 0. The molecule has 0 aliphatic rings. The van der Waals surface area contributed by atoms with Crippen LogP contribution in [-0.4, -0.2) is 36.5 Å². The van der Waals surface area contributed by atoms with Crippen LogP contribution in [0, 0.1) is 0 Å². The summed E-state index contributed by atoms with van der Waals surface area (Å²) in [5.41, 5.74) is 0. The summed E-state index contributed by atoms with van der Waals surface area (Å²) < 4.78 is 1.33. The lowest BCUT2D eigenvalue weighted by molar-refractivity contribution is -0.910. The Balaban J connectivity index is 0. The van der Waals surface area contributed by atoms with E-state index in [2.05, 4.69) is 36.8 Å². The fourth-order valence-corrected chi connectivity index (χ4v) is 4.22. The molecule has 0 bridgehead atoms. The topological polar surface area (TPSA) is 0 Å². The largest absolute Gasteiger partial charge is 1.00 e. The molecular formula is C23H49BrIN. The second-order valence-electron chi connectivity index (χ2n) is 8.43. The monoisotopic (exact) mass is 545 g/mol. The highest BCUT2D eigenvalue weighted by atomic mass is 127. The standard InChI is InChI=1S/C23H49BrN.HI/c1-4-6-8-10-12-14-17-21-25(3,23-19-16-20-24)22-18-15-13-11-9-7-5-2;/h4-23H2,1-3H3;1H/q+1;/p-1. The third-order valence-electron chi connectivity index (χ3n) is 5.68. The van der Waals surface area contributed by atoms with Crippen molar-refractivity contribution < 1.29 is 28.5 Å². The molecule has 0 aromatic rings. The number of quaternary nitrogens is 1. The highest BCUT2D eigenvalue weighted by molar-refractivity contribution is 9.09. The van der Waals surface area contributed by atoms with E-state index < -0.39 is 0 Å². The molecule has 0 radical (unpaired) electrons. The first kappa shape index (κ1) is 29.4. The lowest BCUT2D eigenvalue weighted by Gasteiger charge is -2.35. The maximum absolute atomic E-state index is 3.60. The van der Waals surface area contributed by atoms with Gasteiger partial charge >= 0.3 is 0 Å². The zero-order valence-electron chi connectivity index (χ0n) is 18.3. The summed E-state index contributed by atoms with van der Waals surface area (Å²) in [4.78, 5) is 0. The average Bonchev–Trinajstić information content (AvgIpc) is 2.60. The van der Waals surface area contributed by atoms with Crippen molar-refractivity contribution in [3.8, 4) is 0 Å². The minimum absolute atomic E-state index is 0. The summed E-state index contributed by atoms with van der Waals surface area (Å²) >= 11 is 3.60. The van der Waals surface area contributed by atoms with E-state index in [4.69, 9.17) is 0 Å². The average molecular weight is 546 g/mol. The van der Waals surface area contributed by atoms with Gasteiger partial charge in [0, 0.05) is 5.33 Å². The number of rotatable bonds is 20. The highest BCUT2D eigenvalue weighted by Crippen LogP contribution is 2.15. The van der Waals surface area contributed by atoms with Gasteiger partial charge in [0.2, 0.25) is 0 Å². The molecule has 0 fully saturated rings. The van der Waals surface area contributed by atoms with Crippen molar-refractivity contribution in [2.24, 2.45) is 0 Å². The Labute approximate surface area is 192 Å². The van der Waals surface area contributed by atoms with Crippen LogP contribution in [0.4, 0.5) is 0 Å². The van der Waals surface area contributed by atoms with Crippen molar-refractivity contribution in [2.45, 2.75) is 117 Å². The minimum Gasteiger partial charge on any atom is -1.00 e. The van der Waals surface area contributed by atoms with Crippen molar-refractivity contribution in [3.05, 3.63) is 0 Å². The van der Waals surface area contributed by atoms with E-state index in [1.807, 2.05) is 0 Å². The lowest BCUT2D eigenvalue weighted by atomic mass is 10.1. The van der Waals surface area contributed by atoms with E-state index in [0.29, 0.717) is 0 Å². The molecule has 0 saturated heterocycles. The van der Waals surface area contributed by atoms with Gasteiger partial charge in [-0.25, -0.2) is 0 Å². The molecule has 0 amide bonds. The first-order chi connectivity index (χ1) is 12.2. The Bertz CT molecular complexity index is 243. The SMILES string of the molecule is CCCCCCCCC[N+](C)(CCCCBr)CCCCCCCCC.[I-]. The van der Waals surface area contributed by atoms with Crippen LogP contribution >= 0.6 is 15.9 Å². The molecule has 0 rings (SSSR count). The Morgan fingerprint density at radius 2 is 0.808 bits per heavy atom. The van der Waals surface area contributed by atoms with Crippen LogP contribution in [-0.2, 0) is 0 Å². The second-order valence-corrected chi connectivity index (χ2v) is 9.22. The van der Waals surface area contributed by atoms with Crippen molar-refractivity contribution in [3.63, 3.8) is 0 Å². The maximum Gasteiger partial charge on any atom is 0.0784 e. The number of hydrogen-bond donors (Lipinski definition) is 0. The van der Waals surface area contributed by atoms with Gasteiger partial charge in [0.15, 0.2) is 0 Å². The zero-order chi connectivity index (χ0) is 18.6. The molecule has 0 N–H and O–H groups in total. The normalized spacial score (nSPS) is 11.5. The number of hydrogen-bond acceptors (Lipinski definition) is 0. The van der Waals surface area contributed by atoms with Gasteiger partial charge in [0.05, 0.1) is 26.7 Å². The Morgan fingerprint density at radius 1 is 0.500 bits per heavy atom. The van der Waals surface area contributed by atoms with Crippen LogP contribution in [0.25, 0.3) is 0 Å². The van der Waals surface area contributed by atoms with Gasteiger partial charge in [0.1, 0.15) is 0 Å². The van der Waals surface area contributed by atoms with E-state index >= 15 is 0 Å². The summed E-state index contributed by atoms with van der Waals surface area (Å²) in [6, 6.07) is 0. The maximum atomic E-state index is 3.60. The summed E-state index contributed by atoms with van der Waals surface area (Å²) in [6.45, 7) is 8.81. The highest BCUT2D eigenvalue weighted by Gasteiger charge is 2.19. The van der Waals surface area contributed by atoms with Crippen LogP contribution in [0.2, 0.25) is 0 Å². The number of halogens is 2. The van der Waals surface area contributed by atoms with E-state index in [1.54, 1.807) is 0 Å². The molecule has 0 aliphatic carbocycles. The Hall–Kier alpha value is 1.17. The number of unbranched alkanes of at least 4 members (excludes halogenated alkanes) is 13. The van der Waals surface area contributed by atoms with Gasteiger partial charge in [-0.05, 0) is 38.5 Å². The molecule has 0 unspecified atom stereocenters. The fourth-order valence-electron chi connectivity index (χ4n) is 3.82. The summed E-state index contributed by atoms with van der Waals surface area (Å²) in [5, 5.41) is 1.17. The van der Waals surface area contributed by atoms with Crippen molar-refractivity contribution in [1.82, 2.24) is 0 Å². The third-order valence-corrected chi connectivity index (χ3v) is 6.25. The molecule has 0 aromatic heterocycles. The Kier molecular flexibility index (Phi) is 25.4. The molecule has 26 heavy (non-hydrogen) atoms. The van der Waals surface area contributed by atoms with Crippen LogP contribution in [0.5, 0.6) is 0 Å². The van der Waals surface area contributed by atoms with Crippen LogP contribution < -0.4 is 24.0 Å². The molecular weight excluding hydrogens is 497 g/mol.